The van der Waals surface area contributed by atoms with E-state index in [1.807, 2.05) is 11.6 Å². The van der Waals surface area contributed by atoms with Crippen LogP contribution in [-0.2, 0) is 6.42 Å². The third kappa shape index (κ3) is 3.72. The Labute approximate surface area is 133 Å². The summed E-state index contributed by atoms with van der Waals surface area (Å²) in [7, 11) is 0. The lowest BCUT2D eigenvalue weighted by atomic mass is 10.1. The lowest BCUT2D eigenvalue weighted by molar-refractivity contribution is 0.0935. The molecule has 2 aromatic rings. The van der Waals surface area contributed by atoms with Crippen LogP contribution in [0.15, 0.2) is 23.0 Å². The molecule has 6 nitrogen and oxygen atoms in total. The van der Waals surface area contributed by atoms with Crippen LogP contribution in [0.3, 0.4) is 0 Å². The monoisotopic (exact) mass is 319 g/mol. The maximum atomic E-state index is 12.2. The minimum atomic E-state index is -0.150. The maximum Gasteiger partial charge on any atom is 0.273 e. The Hall–Kier alpha value is -1.73. The topological polar surface area (TPSA) is 71.8 Å². The summed E-state index contributed by atoms with van der Waals surface area (Å²) < 4.78 is 1.83. The van der Waals surface area contributed by atoms with Crippen molar-refractivity contribution in [2.75, 3.05) is 13.1 Å². The van der Waals surface area contributed by atoms with Gasteiger partial charge < -0.3 is 10.6 Å². The lowest BCUT2D eigenvalue weighted by Crippen LogP contribution is -2.34. The number of thiophene rings is 1. The highest BCUT2D eigenvalue weighted by Gasteiger charge is 2.19. The predicted molar refractivity (Wildman–Crippen MR) is 86.1 cm³/mol. The molecule has 2 aromatic heterocycles. The Kier molecular flexibility index (Phi) is 4.84. The first-order valence-corrected chi connectivity index (χ1v) is 8.61. The molecule has 7 heteroatoms. The Balaban J connectivity index is 1.56. The van der Waals surface area contributed by atoms with Crippen LogP contribution in [-0.4, -0.2) is 40.0 Å². The van der Waals surface area contributed by atoms with Crippen LogP contribution in [0.4, 0.5) is 0 Å². The zero-order valence-electron chi connectivity index (χ0n) is 12.7. The van der Waals surface area contributed by atoms with Crippen molar-refractivity contribution in [2.45, 2.75) is 38.3 Å². The molecule has 3 rings (SSSR count). The molecular weight excluding hydrogens is 298 g/mol. The minimum absolute atomic E-state index is 0.0751. The zero-order chi connectivity index (χ0) is 15.4. The SMILES string of the molecule is C[C@H](Cc1ccsc1)NC(=O)c1cn(C2CCNCC2)nn1. The van der Waals surface area contributed by atoms with Gasteiger partial charge in [-0.05, 0) is 61.7 Å². The van der Waals surface area contributed by atoms with Crippen molar-refractivity contribution < 1.29 is 4.79 Å². The van der Waals surface area contributed by atoms with Gasteiger partial charge in [0.05, 0.1) is 12.2 Å². The summed E-state index contributed by atoms with van der Waals surface area (Å²) in [5, 5.41) is 18.6. The molecule has 1 fully saturated rings. The summed E-state index contributed by atoms with van der Waals surface area (Å²) in [5.41, 5.74) is 1.65. The number of rotatable bonds is 5. The van der Waals surface area contributed by atoms with E-state index in [9.17, 15) is 4.79 Å². The van der Waals surface area contributed by atoms with Crippen molar-refractivity contribution in [2.24, 2.45) is 0 Å². The molecule has 2 N–H and O–H groups in total. The highest BCUT2D eigenvalue weighted by molar-refractivity contribution is 7.07. The first-order chi connectivity index (χ1) is 10.7. The fraction of sp³-hybridized carbons (Fsp3) is 0.533. The minimum Gasteiger partial charge on any atom is -0.348 e. The molecule has 1 saturated heterocycles. The highest BCUT2D eigenvalue weighted by atomic mass is 32.1. The molecule has 0 radical (unpaired) electrons. The van der Waals surface area contributed by atoms with Gasteiger partial charge in [0.25, 0.3) is 5.91 Å². The molecule has 1 aliphatic heterocycles. The van der Waals surface area contributed by atoms with E-state index >= 15 is 0 Å². The molecule has 1 atom stereocenters. The van der Waals surface area contributed by atoms with Crippen LogP contribution in [0.25, 0.3) is 0 Å². The van der Waals surface area contributed by atoms with E-state index in [1.54, 1.807) is 17.5 Å². The van der Waals surface area contributed by atoms with Crippen LogP contribution in [0, 0.1) is 0 Å². The van der Waals surface area contributed by atoms with Crippen LogP contribution in [0.1, 0.15) is 41.9 Å². The molecule has 22 heavy (non-hydrogen) atoms. The second kappa shape index (κ2) is 7.02. The Morgan fingerprint density at radius 1 is 1.55 bits per heavy atom. The summed E-state index contributed by atoms with van der Waals surface area (Å²) in [5.74, 6) is -0.150. The molecule has 0 aromatic carbocycles. The standard InChI is InChI=1S/C15H21N5OS/c1-11(8-12-4-7-22-10-12)17-15(21)14-9-20(19-18-14)13-2-5-16-6-3-13/h4,7,9-11,13,16H,2-3,5-6,8H2,1H3,(H,17,21)/t11-/m1/s1. The van der Waals surface area contributed by atoms with Gasteiger partial charge in [0.2, 0.25) is 0 Å². The molecule has 0 aliphatic carbocycles. The van der Waals surface area contributed by atoms with Gasteiger partial charge in [0, 0.05) is 6.04 Å². The van der Waals surface area contributed by atoms with Crippen molar-refractivity contribution in [3.8, 4) is 0 Å². The zero-order valence-corrected chi connectivity index (χ0v) is 13.5. The van der Waals surface area contributed by atoms with Gasteiger partial charge in [-0.3, -0.25) is 4.79 Å². The van der Waals surface area contributed by atoms with E-state index in [0.29, 0.717) is 11.7 Å². The van der Waals surface area contributed by atoms with Gasteiger partial charge in [0.15, 0.2) is 5.69 Å². The van der Waals surface area contributed by atoms with Crippen molar-refractivity contribution in [1.82, 2.24) is 25.6 Å². The predicted octanol–water partition coefficient (Wildman–Crippen LogP) is 1.63. The molecule has 0 unspecified atom stereocenters. The van der Waals surface area contributed by atoms with Gasteiger partial charge in [-0.1, -0.05) is 5.21 Å². The first-order valence-electron chi connectivity index (χ1n) is 7.67. The summed E-state index contributed by atoms with van der Waals surface area (Å²) in [4.78, 5) is 12.2. The van der Waals surface area contributed by atoms with Crippen LogP contribution in [0.5, 0.6) is 0 Å². The van der Waals surface area contributed by atoms with E-state index in [0.717, 1.165) is 32.4 Å². The third-order valence-corrected chi connectivity index (χ3v) is 4.66. The Bertz CT molecular complexity index is 603. The van der Waals surface area contributed by atoms with Gasteiger partial charge in [-0.15, -0.1) is 5.10 Å². The fourth-order valence-electron chi connectivity index (χ4n) is 2.74. The average molecular weight is 319 g/mol. The molecule has 0 spiro atoms. The fourth-order valence-corrected chi connectivity index (χ4v) is 3.42. The number of carbonyl (C=O) groups is 1. The number of piperidine rings is 1. The molecule has 1 amide bonds. The maximum absolute atomic E-state index is 12.2. The molecule has 0 bridgehead atoms. The van der Waals surface area contributed by atoms with Gasteiger partial charge in [0.1, 0.15) is 0 Å². The van der Waals surface area contributed by atoms with E-state index in [2.05, 4.69) is 37.8 Å². The molecule has 3 heterocycles. The number of carbonyl (C=O) groups excluding carboxylic acids is 1. The Morgan fingerprint density at radius 2 is 2.36 bits per heavy atom. The largest absolute Gasteiger partial charge is 0.348 e. The number of hydrogen-bond donors (Lipinski definition) is 2. The third-order valence-electron chi connectivity index (χ3n) is 3.93. The van der Waals surface area contributed by atoms with E-state index in [1.165, 1.54) is 5.56 Å². The van der Waals surface area contributed by atoms with Gasteiger partial charge >= 0.3 is 0 Å². The summed E-state index contributed by atoms with van der Waals surface area (Å²) in [6, 6.07) is 2.51. The van der Waals surface area contributed by atoms with Crippen LogP contribution < -0.4 is 10.6 Å². The van der Waals surface area contributed by atoms with Crippen molar-refractivity contribution in [3.63, 3.8) is 0 Å². The molecule has 1 aliphatic rings. The van der Waals surface area contributed by atoms with Crippen molar-refractivity contribution >= 4 is 17.2 Å². The first kappa shape index (κ1) is 15.2. The van der Waals surface area contributed by atoms with Crippen molar-refractivity contribution in [1.29, 1.82) is 0 Å². The number of nitrogens with zero attached hydrogens (tertiary/aromatic N) is 3. The number of aromatic nitrogens is 3. The normalized spacial score (nSPS) is 17.3. The van der Waals surface area contributed by atoms with Crippen LogP contribution >= 0.6 is 11.3 Å². The number of hydrogen-bond acceptors (Lipinski definition) is 5. The van der Waals surface area contributed by atoms with E-state index in [4.69, 9.17) is 0 Å². The Morgan fingerprint density at radius 3 is 3.09 bits per heavy atom. The second-order valence-corrected chi connectivity index (χ2v) is 6.56. The quantitative estimate of drug-likeness (QED) is 0.878. The lowest BCUT2D eigenvalue weighted by Gasteiger charge is -2.22. The summed E-state index contributed by atoms with van der Waals surface area (Å²) in [6.45, 7) is 3.99. The van der Waals surface area contributed by atoms with E-state index in [-0.39, 0.29) is 11.9 Å². The summed E-state index contributed by atoms with van der Waals surface area (Å²) in [6.07, 6.45) is 4.65. The number of nitrogens with one attached hydrogen (secondary N) is 2. The molecular formula is C15H21N5OS. The number of amides is 1. The van der Waals surface area contributed by atoms with E-state index < -0.39 is 0 Å². The second-order valence-electron chi connectivity index (χ2n) is 5.78. The van der Waals surface area contributed by atoms with Gasteiger partial charge in [-0.25, -0.2) is 4.68 Å². The molecule has 0 saturated carbocycles. The van der Waals surface area contributed by atoms with Gasteiger partial charge in [-0.2, -0.15) is 11.3 Å². The summed E-state index contributed by atoms with van der Waals surface area (Å²) >= 11 is 1.67. The van der Waals surface area contributed by atoms with Crippen molar-refractivity contribution in [3.05, 3.63) is 34.3 Å². The molecule has 118 valence electrons. The smallest absolute Gasteiger partial charge is 0.273 e. The average Bonchev–Trinajstić information content (AvgIpc) is 3.19. The highest BCUT2D eigenvalue weighted by Crippen LogP contribution is 2.17. The van der Waals surface area contributed by atoms with Crippen LogP contribution in [0.2, 0.25) is 0 Å².